The van der Waals surface area contributed by atoms with Gasteiger partial charge in [-0.3, -0.25) is 4.79 Å². The van der Waals surface area contributed by atoms with E-state index in [0.29, 0.717) is 39.5 Å². The highest BCUT2D eigenvalue weighted by Crippen LogP contribution is 2.25. The second-order valence-corrected chi connectivity index (χ2v) is 6.99. The molecular weight excluding hydrogens is 418 g/mol. The summed E-state index contributed by atoms with van der Waals surface area (Å²) in [5, 5.41) is 15.7. The summed E-state index contributed by atoms with van der Waals surface area (Å²) in [6.45, 7) is 1.90. The van der Waals surface area contributed by atoms with Gasteiger partial charge in [-0.15, -0.1) is 10.2 Å². The first-order chi connectivity index (χ1) is 15.0. The highest BCUT2D eigenvalue weighted by atomic mass is 35.5. The second-order valence-electron chi connectivity index (χ2n) is 6.56. The Kier molecular flexibility index (Phi) is 5.81. The normalized spacial score (nSPS) is 10.5. The van der Waals surface area contributed by atoms with Gasteiger partial charge in [-0.05, 0) is 61.5 Å². The number of carbonyl (C=O) groups is 1. The van der Waals surface area contributed by atoms with Crippen LogP contribution in [0.1, 0.15) is 16.1 Å². The van der Waals surface area contributed by atoms with Crippen LogP contribution in [-0.4, -0.2) is 33.0 Å². The number of hydrogen-bond acceptors (Lipinski definition) is 6. The molecule has 0 unspecified atom stereocenters. The van der Waals surface area contributed by atoms with Gasteiger partial charge < -0.3 is 14.8 Å². The molecule has 156 valence electrons. The van der Waals surface area contributed by atoms with Gasteiger partial charge in [0, 0.05) is 23.0 Å². The third kappa shape index (κ3) is 4.81. The number of hydrogen-bond donors (Lipinski definition) is 1. The molecule has 2 aromatic carbocycles. The molecule has 1 N–H and O–H groups in total. The van der Waals surface area contributed by atoms with Crippen LogP contribution in [0.4, 0.5) is 5.69 Å². The number of benzene rings is 2. The number of ether oxygens (including phenoxy) is 2. The van der Waals surface area contributed by atoms with Crippen molar-refractivity contribution in [2.45, 2.75) is 6.92 Å². The molecule has 1 amide bonds. The highest BCUT2D eigenvalue weighted by molar-refractivity contribution is 6.31. The summed E-state index contributed by atoms with van der Waals surface area (Å²) >= 11 is 6.00. The highest BCUT2D eigenvalue weighted by Gasteiger charge is 2.13. The molecule has 0 saturated heterocycles. The van der Waals surface area contributed by atoms with Crippen molar-refractivity contribution in [3.8, 4) is 23.2 Å². The molecule has 8 nitrogen and oxygen atoms in total. The van der Waals surface area contributed by atoms with E-state index in [1.165, 1.54) is 7.11 Å². The van der Waals surface area contributed by atoms with Gasteiger partial charge in [-0.2, -0.15) is 5.10 Å². The third-order valence-corrected chi connectivity index (χ3v) is 4.56. The van der Waals surface area contributed by atoms with E-state index in [0.717, 1.165) is 5.69 Å². The Hall–Kier alpha value is -3.91. The molecule has 0 atom stereocenters. The minimum Gasteiger partial charge on any atom is -0.496 e. The Labute approximate surface area is 183 Å². The van der Waals surface area contributed by atoms with Crippen molar-refractivity contribution in [1.29, 1.82) is 0 Å². The van der Waals surface area contributed by atoms with Crippen LogP contribution in [0.2, 0.25) is 5.02 Å². The van der Waals surface area contributed by atoms with Crippen molar-refractivity contribution >= 4 is 23.2 Å². The van der Waals surface area contributed by atoms with E-state index in [1.54, 1.807) is 59.3 Å². The minimum atomic E-state index is -0.330. The summed E-state index contributed by atoms with van der Waals surface area (Å²) in [7, 11) is 1.50. The second kappa shape index (κ2) is 8.85. The van der Waals surface area contributed by atoms with Crippen LogP contribution in [0.3, 0.4) is 0 Å². The zero-order valence-corrected chi connectivity index (χ0v) is 17.5. The Morgan fingerprint density at radius 1 is 1.03 bits per heavy atom. The fourth-order valence-electron chi connectivity index (χ4n) is 2.82. The molecule has 31 heavy (non-hydrogen) atoms. The SMILES string of the molecule is COc1ccc(Cl)cc1C(=O)Nc1ccc(Oc2ccc(-n3ccc(C)n3)nn2)cc1. The number of nitrogens with zero attached hydrogens (tertiary/aromatic N) is 4. The maximum Gasteiger partial charge on any atom is 0.259 e. The topological polar surface area (TPSA) is 91.2 Å². The molecule has 0 fully saturated rings. The van der Waals surface area contributed by atoms with Gasteiger partial charge in [0.25, 0.3) is 5.91 Å². The Balaban J connectivity index is 1.41. The zero-order chi connectivity index (χ0) is 21.8. The molecule has 0 aliphatic carbocycles. The van der Waals surface area contributed by atoms with Gasteiger partial charge in [0.15, 0.2) is 5.82 Å². The molecule has 2 aromatic heterocycles. The number of methoxy groups -OCH3 is 1. The number of anilines is 1. The zero-order valence-electron chi connectivity index (χ0n) is 16.7. The molecule has 4 rings (SSSR count). The minimum absolute atomic E-state index is 0.330. The first-order valence-corrected chi connectivity index (χ1v) is 9.69. The van der Waals surface area contributed by atoms with Crippen molar-refractivity contribution in [2.24, 2.45) is 0 Å². The lowest BCUT2D eigenvalue weighted by molar-refractivity contribution is 0.102. The van der Waals surface area contributed by atoms with Crippen molar-refractivity contribution in [3.05, 3.63) is 83.1 Å². The van der Waals surface area contributed by atoms with Crippen molar-refractivity contribution in [1.82, 2.24) is 20.0 Å². The van der Waals surface area contributed by atoms with E-state index in [1.807, 2.05) is 19.2 Å². The molecule has 0 radical (unpaired) electrons. The maximum atomic E-state index is 12.6. The molecule has 0 spiro atoms. The van der Waals surface area contributed by atoms with E-state index in [-0.39, 0.29) is 5.91 Å². The van der Waals surface area contributed by atoms with Crippen molar-refractivity contribution < 1.29 is 14.3 Å². The van der Waals surface area contributed by atoms with Crippen LogP contribution in [0, 0.1) is 6.92 Å². The van der Waals surface area contributed by atoms with Crippen LogP contribution in [0.5, 0.6) is 17.4 Å². The van der Waals surface area contributed by atoms with Crippen molar-refractivity contribution in [3.63, 3.8) is 0 Å². The molecular formula is C22H18ClN5O3. The van der Waals surface area contributed by atoms with Crippen LogP contribution in [0.15, 0.2) is 66.9 Å². The Morgan fingerprint density at radius 2 is 1.84 bits per heavy atom. The lowest BCUT2D eigenvalue weighted by Crippen LogP contribution is -2.13. The first kappa shape index (κ1) is 20.4. The van der Waals surface area contributed by atoms with Gasteiger partial charge in [0.05, 0.1) is 18.4 Å². The van der Waals surface area contributed by atoms with E-state index in [2.05, 4.69) is 20.6 Å². The number of aromatic nitrogens is 4. The number of amides is 1. The van der Waals surface area contributed by atoms with Crippen LogP contribution < -0.4 is 14.8 Å². The smallest absolute Gasteiger partial charge is 0.259 e. The van der Waals surface area contributed by atoms with Crippen molar-refractivity contribution in [2.75, 3.05) is 12.4 Å². The van der Waals surface area contributed by atoms with Gasteiger partial charge >= 0.3 is 0 Å². The molecule has 4 aromatic rings. The number of carbonyl (C=O) groups excluding carboxylic acids is 1. The molecule has 0 saturated carbocycles. The van der Waals surface area contributed by atoms with E-state index >= 15 is 0 Å². The number of nitrogens with one attached hydrogen (secondary N) is 1. The van der Waals surface area contributed by atoms with Crippen LogP contribution in [0.25, 0.3) is 5.82 Å². The maximum absolute atomic E-state index is 12.6. The molecule has 0 aliphatic heterocycles. The molecule has 0 aliphatic rings. The van der Waals surface area contributed by atoms with Gasteiger partial charge in [-0.25, -0.2) is 4.68 Å². The standard InChI is InChI=1S/C22H18ClN5O3/c1-14-11-12-28(27-14)20-9-10-21(26-25-20)31-17-6-4-16(5-7-17)24-22(29)18-13-15(23)3-8-19(18)30-2/h3-13H,1-2H3,(H,24,29). The van der Waals surface area contributed by atoms with E-state index in [4.69, 9.17) is 21.1 Å². The summed E-state index contributed by atoms with van der Waals surface area (Å²) in [5.41, 5.74) is 1.83. The number of halogens is 1. The molecule has 0 bridgehead atoms. The lowest BCUT2D eigenvalue weighted by atomic mass is 10.2. The average molecular weight is 436 g/mol. The third-order valence-electron chi connectivity index (χ3n) is 4.32. The van der Waals surface area contributed by atoms with E-state index in [9.17, 15) is 4.79 Å². The predicted molar refractivity (Wildman–Crippen MR) is 116 cm³/mol. The number of aryl methyl sites for hydroxylation is 1. The van der Waals surface area contributed by atoms with Crippen LogP contribution in [-0.2, 0) is 0 Å². The van der Waals surface area contributed by atoms with Gasteiger partial charge in [0.2, 0.25) is 5.88 Å². The quantitative estimate of drug-likeness (QED) is 0.473. The average Bonchev–Trinajstić information content (AvgIpc) is 3.22. The summed E-state index contributed by atoms with van der Waals surface area (Å²) in [4.78, 5) is 12.6. The van der Waals surface area contributed by atoms with Gasteiger partial charge in [0.1, 0.15) is 11.5 Å². The number of rotatable bonds is 6. The Morgan fingerprint density at radius 3 is 2.48 bits per heavy atom. The van der Waals surface area contributed by atoms with E-state index < -0.39 is 0 Å². The van der Waals surface area contributed by atoms with Crippen LogP contribution >= 0.6 is 11.6 Å². The monoisotopic (exact) mass is 435 g/mol. The fourth-order valence-corrected chi connectivity index (χ4v) is 2.99. The summed E-state index contributed by atoms with van der Waals surface area (Å²) in [6.07, 6.45) is 1.81. The lowest BCUT2D eigenvalue weighted by Gasteiger charge is -2.10. The first-order valence-electron chi connectivity index (χ1n) is 9.31. The summed E-state index contributed by atoms with van der Waals surface area (Å²) < 4.78 is 12.6. The largest absolute Gasteiger partial charge is 0.496 e. The fraction of sp³-hybridized carbons (Fsp3) is 0.0909. The Bertz CT molecular complexity index is 1210. The molecule has 9 heteroatoms. The summed E-state index contributed by atoms with van der Waals surface area (Å²) in [5.74, 6) is 1.59. The molecule has 2 heterocycles. The van der Waals surface area contributed by atoms with Gasteiger partial charge in [-0.1, -0.05) is 11.6 Å². The predicted octanol–water partition coefficient (Wildman–Crippen LogP) is 4.68. The summed E-state index contributed by atoms with van der Waals surface area (Å²) in [6, 6.07) is 17.1.